The first-order valence-electron chi connectivity index (χ1n) is 7.64. The molecule has 0 aliphatic heterocycles. The third kappa shape index (κ3) is 4.59. The van der Waals surface area contributed by atoms with Crippen LogP contribution in [-0.4, -0.2) is 25.8 Å². The maximum absolute atomic E-state index is 5.43. The van der Waals surface area contributed by atoms with E-state index >= 15 is 0 Å². The van der Waals surface area contributed by atoms with Crippen LogP contribution in [0, 0.1) is 5.92 Å². The van der Waals surface area contributed by atoms with Crippen LogP contribution in [0.15, 0.2) is 0 Å². The van der Waals surface area contributed by atoms with Gasteiger partial charge in [0.2, 0.25) is 0 Å². The molecule has 2 aliphatic carbocycles. The van der Waals surface area contributed by atoms with E-state index in [9.17, 15) is 0 Å². The van der Waals surface area contributed by atoms with Gasteiger partial charge in [0, 0.05) is 13.2 Å². The predicted molar refractivity (Wildman–Crippen MR) is 72.2 cm³/mol. The van der Waals surface area contributed by atoms with Crippen LogP contribution >= 0.6 is 0 Å². The van der Waals surface area contributed by atoms with Crippen molar-refractivity contribution < 1.29 is 4.74 Å². The van der Waals surface area contributed by atoms with Gasteiger partial charge in [-0.1, -0.05) is 25.7 Å². The van der Waals surface area contributed by atoms with Crippen LogP contribution in [-0.2, 0) is 4.74 Å². The molecule has 2 rings (SSSR count). The Kier molecular flexibility index (Phi) is 5.79. The molecule has 2 heteroatoms. The number of ether oxygens (including phenoxy) is 1. The van der Waals surface area contributed by atoms with E-state index in [1.54, 1.807) is 0 Å². The first kappa shape index (κ1) is 13.4. The molecule has 17 heavy (non-hydrogen) atoms. The zero-order chi connectivity index (χ0) is 11.9. The van der Waals surface area contributed by atoms with E-state index in [1.807, 2.05) is 7.11 Å². The van der Waals surface area contributed by atoms with E-state index in [0.717, 1.165) is 12.0 Å². The van der Waals surface area contributed by atoms with E-state index in [2.05, 4.69) is 5.32 Å². The first-order valence-corrected chi connectivity index (χ1v) is 7.64. The Labute approximate surface area is 107 Å². The predicted octanol–water partition coefficient (Wildman–Crippen LogP) is 3.50. The molecule has 0 aromatic rings. The van der Waals surface area contributed by atoms with Gasteiger partial charge in [-0.3, -0.25) is 0 Å². The Morgan fingerprint density at radius 3 is 2.12 bits per heavy atom. The van der Waals surface area contributed by atoms with E-state index in [1.165, 1.54) is 70.8 Å². The summed E-state index contributed by atoms with van der Waals surface area (Å²) in [6.07, 6.45) is 14.4. The summed E-state index contributed by atoms with van der Waals surface area (Å²) in [6.45, 7) is 1.25. The fourth-order valence-electron chi connectivity index (χ4n) is 3.39. The summed E-state index contributed by atoms with van der Waals surface area (Å²) in [5, 5.41) is 3.82. The Hall–Kier alpha value is -0.0800. The average molecular weight is 239 g/mol. The molecule has 1 N–H and O–H groups in total. The Morgan fingerprint density at radius 1 is 0.882 bits per heavy atom. The van der Waals surface area contributed by atoms with Crippen molar-refractivity contribution in [3.8, 4) is 0 Å². The van der Waals surface area contributed by atoms with Crippen LogP contribution in [0.25, 0.3) is 0 Å². The molecule has 0 atom stereocenters. The molecule has 2 aliphatic rings. The van der Waals surface area contributed by atoms with Crippen molar-refractivity contribution in [2.75, 3.05) is 13.7 Å². The standard InChI is InChI=1S/C15H29NO/c1-17-15-10-8-13(9-11-15)12-16-14-6-4-2-3-5-7-14/h13-16H,2-12H2,1H3. The van der Waals surface area contributed by atoms with Gasteiger partial charge in [-0.15, -0.1) is 0 Å². The molecule has 0 aromatic heterocycles. The van der Waals surface area contributed by atoms with Crippen molar-refractivity contribution in [3.63, 3.8) is 0 Å². The molecule has 2 nitrogen and oxygen atoms in total. The lowest BCUT2D eigenvalue weighted by molar-refractivity contribution is 0.0563. The van der Waals surface area contributed by atoms with E-state index in [0.29, 0.717) is 6.10 Å². The third-order valence-corrected chi connectivity index (χ3v) is 4.68. The van der Waals surface area contributed by atoms with E-state index < -0.39 is 0 Å². The number of hydrogen-bond acceptors (Lipinski definition) is 2. The summed E-state index contributed by atoms with van der Waals surface area (Å²) in [5.74, 6) is 0.907. The minimum absolute atomic E-state index is 0.545. The van der Waals surface area contributed by atoms with Gasteiger partial charge in [-0.25, -0.2) is 0 Å². The van der Waals surface area contributed by atoms with Crippen molar-refractivity contribution in [1.29, 1.82) is 0 Å². The Morgan fingerprint density at radius 2 is 1.53 bits per heavy atom. The highest BCUT2D eigenvalue weighted by molar-refractivity contribution is 4.77. The molecule has 0 spiro atoms. The SMILES string of the molecule is COC1CCC(CNC2CCCCCC2)CC1. The maximum Gasteiger partial charge on any atom is 0.0571 e. The molecule has 0 saturated heterocycles. The number of methoxy groups -OCH3 is 1. The van der Waals surface area contributed by atoms with Gasteiger partial charge in [0.05, 0.1) is 6.10 Å². The van der Waals surface area contributed by atoms with Gasteiger partial charge in [-0.2, -0.15) is 0 Å². The Balaban J connectivity index is 1.61. The van der Waals surface area contributed by atoms with Crippen LogP contribution < -0.4 is 5.32 Å². The zero-order valence-corrected chi connectivity index (χ0v) is 11.4. The molecule has 0 amide bonds. The van der Waals surface area contributed by atoms with Gasteiger partial charge >= 0.3 is 0 Å². The molecule has 0 unspecified atom stereocenters. The fourth-order valence-corrected chi connectivity index (χ4v) is 3.39. The van der Waals surface area contributed by atoms with E-state index in [-0.39, 0.29) is 0 Å². The van der Waals surface area contributed by atoms with Crippen molar-refractivity contribution >= 4 is 0 Å². The van der Waals surface area contributed by atoms with Gasteiger partial charge < -0.3 is 10.1 Å². The summed E-state index contributed by atoms with van der Waals surface area (Å²) >= 11 is 0. The van der Waals surface area contributed by atoms with E-state index in [4.69, 9.17) is 4.74 Å². The highest BCUT2D eigenvalue weighted by Crippen LogP contribution is 2.26. The first-order chi connectivity index (χ1) is 8.38. The maximum atomic E-state index is 5.43. The second-order valence-electron chi connectivity index (χ2n) is 5.98. The molecule has 2 fully saturated rings. The third-order valence-electron chi connectivity index (χ3n) is 4.68. The highest BCUT2D eigenvalue weighted by atomic mass is 16.5. The second kappa shape index (κ2) is 7.38. The molecule has 0 radical (unpaired) electrons. The Bertz CT molecular complexity index is 191. The monoisotopic (exact) mass is 239 g/mol. The summed E-state index contributed by atoms with van der Waals surface area (Å²) in [4.78, 5) is 0. The quantitative estimate of drug-likeness (QED) is 0.758. The fraction of sp³-hybridized carbons (Fsp3) is 1.00. The summed E-state index contributed by atoms with van der Waals surface area (Å²) in [7, 11) is 1.86. The molecule has 0 aromatic carbocycles. The van der Waals surface area contributed by atoms with Crippen LogP contribution in [0.4, 0.5) is 0 Å². The second-order valence-corrected chi connectivity index (χ2v) is 5.98. The number of nitrogens with one attached hydrogen (secondary N) is 1. The molecule has 100 valence electrons. The zero-order valence-electron chi connectivity index (χ0n) is 11.4. The largest absolute Gasteiger partial charge is 0.381 e. The van der Waals surface area contributed by atoms with Crippen molar-refractivity contribution in [2.45, 2.75) is 76.4 Å². The average Bonchev–Trinajstić information content (AvgIpc) is 2.65. The molecule has 2 saturated carbocycles. The summed E-state index contributed by atoms with van der Waals surface area (Å²) in [5.41, 5.74) is 0. The van der Waals surface area contributed by atoms with Crippen molar-refractivity contribution in [2.24, 2.45) is 5.92 Å². The molecule has 0 bridgehead atoms. The summed E-state index contributed by atoms with van der Waals surface area (Å²) < 4.78 is 5.43. The number of rotatable bonds is 4. The van der Waals surface area contributed by atoms with Gasteiger partial charge in [-0.05, 0) is 51.0 Å². The minimum atomic E-state index is 0.545. The highest BCUT2D eigenvalue weighted by Gasteiger charge is 2.21. The molecular weight excluding hydrogens is 210 g/mol. The van der Waals surface area contributed by atoms with Crippen LogP contribution in [0.1, 0.15) is 64.2 Å². The smallest absolute Gasteiger partial charge is 0.0571 e. The van der Waals surface area contributed by atoms with Gasteiger partial charge in [0.1, 0.15) is 0 Å². The lowest BCUT2D eigenvalue weighted by Gasteiger charge is -2.29. The molecular formula is C15H29NO. The normalized spacial score (nSPS) is 32.3. The molecule has 0 heterocycles. The van der Waals surface area contributed by atoms with Crippen LogP contribution in [0.2, 0.25) is 0 Å². The van der Waals surface area contributed by atoms with Crippen molar-refractivity contribution in [1.82, 2.24) is 5.32 Å². The van der Waals surface area contributed by atoms with Gasteiger partial charge in [0.25, 0.3) is 0 Å². The minimum Gasteiger partial charge on any atom is -0.381 e. The number of hydrogen-bond donors (Lipinski definition) is 1. The lowest BCUT2D eigenvalue weighted by Crippen LogP contribution is -2.35. The van der Waals surface area contributed by atoms with Crippen molar-refractivity contribution in [3.05, 3.63) is 0 Å². The van der Waals surface area contributed by atoms with Gasteiger partial charge in [0.15, 0.2) is 0 Å². The topological polar surface area (TPSA) is 21.3 Å². The van der Waals surface area contributed by atoms with Crippen LogP contribution in [0.5, 0.6) is 0 Å². The summed E-state index contributed by atoms with van der Waals surface area (Å²) in [6, 6.07) is 0.817. The van der Waals surface area contributed by atoms with Crippen LogP contribution in [0.3, 0.4) is 0 Å². The lowest BCUT2D eigenvalue weighted by atomic mass is 9.87.